The van der Waals surface area contributed by atoms with Crippen LogP contribution in [0.5, 0.6) is 0 Å². The van der Waals surface area contributed by atoms with Gasteiger partial charge in [-0.2, -0.15) is 5.26 Å². The van der Waals surface area contributed by atoms with E-state index >= 15 is 0 Å². The van der Waals surface area contributed by atoms with Gasteiger partial charge in [0.15, 0.2) is 0 Å². The van der Waals surface area contributed by atoms with E-state index in [0.29, 0.717) is 10.6 Å². The second-order valence-electron chi connectivity index (χ2n) is 4.35. The van der Waals surface area contributed by atoms with Crippen molar-refractivity contribution in [2.24, 2.45) is 0 Å². The van der Waals surface area contributed by atoms with E-state index in [1.165, 1.54) is 0 Å². The summed E-state index contributed by atoms with van der Waals surface area (Å²) >= 11 is 6.01. The molecule has 0 spiro atoms. The number of rotatable bonds is 2. The Balaban J connectivity index is 1.93. The summed E-state index contributed by atoms with van der Waals surface area (Å²) in [5.41, 5.74) is 3.13. The molecule has 4 heteroatoms. The van der Waals surface area contributed by atoms with Crippen molar-refractivity contribution >= 4 is 33.9 Å². The second-order valence-corrected chi connectivity index (χ2v) is 4.76. The molecule has 0 saturated carbocycles. The number of para-hydroxylation sites is 1. The Labute approximate surface area is 121 Å². The van der Waals surface area contributed by atoms with Crippen molar-refractivity contribution in [2.75, 3.05) is 5.32 Å². The predicted octanol–water partition coefficient (Wildman–Crippen LogP) is 4.50. The third-order valence-electron chi connectivity index (χ3n) is 2.97. The minimum Gasteiger partial charge on any atom is -0.354 e. The molecule has 1 N–H and O–H groups in total. The summed E-state index contributed by atoms with van der Waals surface area (Å²) in [6.45, 7) is 0. The van der Waals surface area contributed by atoms with Crippen molar-refractivity contribution in [3.63, 3.8) is 0 Å². The maximum absolute atomic E-state index is 8.85. The highest BCUT2D eigenvalue weighted by Gasteiger charge is 2.02. The Morgan fingerprint density at radius 1 is 1.05 bits per heavy atom. The van der Waals surface area contributed by atoms with E-state index in [2.05, 4.69) is 10.3 Å². The number of benzene rings is 2. The van der Waals surface area contributed by atoms with Gasteiger partial charge in [0.2, 0.25) is 0 Å². The lowest BCUT2D eigenvalue weighted by Gasteiger charge is -2.08. The van der Waals surface area contributed by atoms with Gasteiger partial charge in [0.1, 0.15) is 6.07 Å². The van der Waals surface area contributed by atoms with Crippen LogP contribution in [0, 0.1) is 11.3 Å². The summed E-state index contributed by atoms with van der Waals surface area (Å²) in [7, 11) is 0. The molecule has 3 nitrogen and oxygen atoms in total. The van der Waals surface area contributed by atoms with Crippen molar-refractivity contribution in [2.45, 2.75) is 0 Å². The highest BCUT2D eigenvalue weighted by molar-refractivity contribution is 6.32. The number of anilines is 2. The molecule has 1 aromatic heterocycles. The third-order valence-corrected chi connectivity index (χ3v) is 3.28. The Kier molecular flexibility index (Phi) is 3.24. The zero-order chi connectivity index (χ0) is 13.9. The molecule has 0 aliphatic heterocycles. The largest absolute Gasteiger partial charge is 0.354 e. The molecule has 1 heterocycles. The molecule has 0 aliphatic carbocycles. The van der Waals surface area contributed by atoms with Gasteiger partial charge in [0.25, 0.3) is 0 Å². The van der Waals surface area contributed by atoms with Gasteiger partial charge >= 0.3 is 0 Å². The van der Waals surface area contributed by atoms with Crippen LogP contribution in [0.2, 0.25) is 5.02 Å². The lowest BCUT2D eigenvalue weighted by Crippen LogP contribution is -1.92. The highest BCUT2D eigenvalue weighted by atomic mass is 35.5. The average molecular weight is 280 g/mol. The number of hydrogen-bond donors (Lipinski definition) is 1. The van der Waals surface area contributed by atoms with Crippen LogP contribution in [-0.2, 0) is 0 Å². The van der Waals surface area contributed by atoms with E-state index < -0.39 is 0 Å². The molecule has 0 radical (unpaired) electrons. The monoisotopic (exact) mass is 279 g/mol. The van der Waals surface area contributed by atoms with Crippen LogP contribution in [0.3, 0.4) is 0 Å². The van der Waals surface area contributed by atoms with Gasteiger partial charge in [0, 0.05) is 11.1 Å². The number of halogens is 1. The van der Waals surface area contributed by atoms with Crippen molar-refractivity contribution in [3.05, 3.63) is 65.3 Å². The molecule has 0 bridgehead atoms. The summed E-state index contributed by atoms with van der Waals surface area (Å²) in [5.74, 6) is 0. The molecule has 0 unspecified atom stereocenters. The highest BCUT2D eigenvalue weighted by Crippen LogP contribution is 2.24. The molecule has 96 valence electrons. The Hall–Kier alpha value is -2.57. The third kappa shape index (κ3) is 2.42. The van der Waals surface area contributed by atoms with Crippen molar-refractivity contribution < 1.29 is 0 Å². The molecule has 0 aliphatic rings. The van der Waals surface area contributed by atoms with Crippen LogP contribution in [0.15, 0.2) is 54.7 Å². The van der Waals surface area contributed by atoms with Gasteiger partial charge < -0.3 is 5.32 Å². The maximum Gasteiger partial charge on any atom is 0.101 e. The fourth-order valence-corrected chi connectivity index (χ4v) is 2.21. The van der Waals surface area contributed by atoms with E-state index in [1.54, 1.807) is 18.3 Å². The van der Waals surface area contributed by atoms with Gasteiger partial charge in [-0.3, -0.25) is 4.98 Å². The Morgan fingerprint density at radius 3 is 2.70 bits per heavy atom. The quantitative estimate of drug-likeness (QED) is 0.751. The lowest BCUT2D eigenvalue weighted by molar-refractivity contribution is 1.39. The van der Waals surface area contributed by atoms with Crippen LogP contribution < -0.4 is 5.32 Å². The Bertz CT molecular complexity index is 821. The van der Waals surface area contributed by atoms with Gasteiger partial charge in [-0.05, 0) is 30.3 Å². The molecule has 0 amide bonds. The van der Waals surface area contributed by atoms with E-state index in [9.17, 15) is 0 Å². The number of nitriles is 1. The first-order valence-electron chi connectivity index (χ1n) is 6.08. The van der Waals surface area contributed by atoms with Crippen LogP contribution >= 0.6 is 11.6 Å². The second kappa shape index (κ2) is 5.20. The summed E-state index contributed by atoms with van der Waals surface area (Å²) in [4.78, 5) is 4.39. The van der Waals surface area contributed by atoms with Crippen molar-refractivity contribution in [1.29, 1.82) is 5.26 Å². The van der Waals surface area contributed by atoms with Crippen LogP contribution in [0.25, 0.3) is 10.9 Å². The summed E-state index contributed by atoms with van der Waals surface area (Å²) in [6, 6.07) is 17.2. The first kappa shape index (κ1) is 12.5. The van der Waals surface area contributed by atoms with Crippen molar-refractivity contribution in [1.82, 2.24) is 4.98 Å². The predicted molar refractivity (Wildman–Crippen MR) is 81.2 cm³/mol. The Morgan fingerprint density at radius 2 is 1.90 bits per heavy atom. The van der Waals surface area contributed by atoms with E-state index in [4.69, 9.17) is 16.9 Å². The maximum atomic E-state index is 8.85. The normalized spacial score (nSPS) is 10.2. The summed E-state index contributed by atoms with van der Waals surface area (Å²) in [6.07, 6.45) is 1.77. The van der Waals surface area contributed by atoms with Crippen molar-refractivity contribution in [3.8, 4) is 6.07 Å². The van der Waals surface area contributed by atoms with Crippen LogP contribution in [0.1, 0.15) is 5.56 Å². The zero-order valence-electron chi connectivity index (χ0n) is 10.5. The molecule has 0 fully saturated rings. The fourth-order valence-electron chi connectivity index (χ4n) is 1.99. The molecule has 2 aromatic carbocycles. The average Bonchev–Trinajstić information content (AvgIpc) is 2.47. The number of aromatic nitrogens is 1. The van der Waals surface area contributed by atoms with E-state index in [-0.39, 0.29) is 0 Å². The first-order chi connectivity index (χ1) is 9.76. The number of nitrogens with zero attached hydrogens (tertiary/aromatic N) is 2. The minimum absolute atomic E-state index is 0.436. The number of pyridine rings is 1. The summed E-state index contributed by atoms with van der Waals surface area (Å²) in [5, 5.41) is 13.6. The molecule has 3 rings (SSSR count). The molecule has 0 atom stereocenters. The fraction of sp³-hybridized carbons (Fsp3) is 0. The van der Waals surface area contributed by atoms with Gasteiger partial charge in [-0.25, -0.2) is 0 Å². The smallest absolute Gasteiger partial charge is 0.101 e. The lowest BCUT2D eigenvalue weighted by atomic mass is 10.2. The summed E-state index contributed by atoms with van der Waals surface area (Å²) < 4.78 is 0. The first-order valence-corrected chi connectivity index (χ1v) is 6.45. The van der Waals surface area contributed by atoms with Gasteiger partial charge in [-0.1, -0.05) is 29.8 Å². The topological polar surface area (TPSA) is 48.7 Å². The molecule has 0 saturated heterocycles. The van der Waals surface area contributed by atoms with Gasteiger partial charge in [0.05, 0.1) is 28.0 Å². The molecular weight excluding hydrogens is 270 g/mol. The number of fused-ring (bicyclic) bond motifs is 1. The SMILES string of the molecule is N#Cc1ccc(Nc2cnc3ccccc3c2)cc1Cl. The zero-order valence-corrected chi connectivity index (χ0v) is 11.2. The van der Waals surface area contributed by atoms with Gasteiger partial charge in [-0.15, -0.1) is 0 Å². The van der Waals surface area contributed by atoms with Crippen LogP contribution in [0.4, 0.5) is 11.4 Å². The number of hydrogen-bond acceptors (Lipinski definition) is 3. The molecule has 20 heavy (non-hydrogen) atoms. The standard InChI is InChI=1S/C16H10ClN3/c17-15-8-13(6-5-12(15)9-18)20-14-7-11-3-1-2-4-16(11)19-10-14/h1-8,10,20H. The number of nitrogens with one attached hydrogen (secondary N) is 1. The molecular formula is C16H10ClN3. The van der Waals surface area contributed by atoms with E-state index in [1.807, 2.05) is 42.5 Å². The van der Waals surface area contributed by atoms with E-state index in [0.717, 1.165) is 22.3 Å². The molecule has 3 aromatic rings. The van der Waals surface area contributed by atoms with Crippen LogP contribution in [-0.4, -0.2) is 4.98 Å². The minimum atomic E-state index is 0.436.